The van der Waals surface area contributed by atoms with Crippen molar-refractivity contribution in [2.24, 2.45) is 5.14 Å². The minimum absolute atomic E-state index is 0.0395. The third kappa shape index (κ3) is 6.69. The molecule has 1 fully saturated rings. The molecule has 0 aliphatic carbocycles. The van der Waals surface area contributed by atoms with Crippen LogP contribution in [0, 0.1) is 0 Å². The predicted molar refractivity (Wildman–Crippen MR) is 116 cm³/mol. The number of benzene rings is 1. The highest BCUT2D eigenvalue weighted by molar-refractivity contribution is 7.89. The molecular formula is C21H35N3O4S. The Hall–Kier alpha value is -1.64. The lowest BCUT2D eigenvalue weighted by Crippen LogP contribution is -2.37. The van der Waals surface area contributed by atoms with Gasteiger partial charge in [-0.3, -0.25) is 0 Å². The van der Waals surface area contributed by atoms with E-state index in [0.29, 0.717) is 17.7 Å². The molecule has 0 bridgehead atoms. The van der Waals surface area contributed by atoms with Crippen molar-refractivity contribution in [3.8, 4) is 0 Å². The number of primary sulfonamides is 1. The number of carboxylic acid groups (broad SMARTS) is 1. The Kier molecular flexibility index (Phi) is 8.92. The lowest BCUT2D eigenvalue weighted by molar-refractivity contribution is 0.0696. The fraction of sp³-hybridized carbons (Fsp3) is 0.667. The van der Waals surface area contributed by atoms with Gasteiger partial charge in [0, 0.05) is 24.8 Å². The number of hydrogen-bond acceptors (Lipinski definition) is 5. The van der Waals surface area contributed by atoms with Crippen LogP contribution in [0.15, 0.2) is 17.0 Å². The van der Waals surface area contributed by atoms with Crippen molar-refractivity contribution in [2.75, 3.05) is 24.5 Å². The zero-order valence-electron chi connectivity index (χ0n) is 17.6. The van der Waals surface area contributed by atoms with Crippen molar-refractivity contribution >= 4 is 21.7 Å². The molecule has 1 aromatic carbocycles. The van der Waals surface area contributed by atoms with E-state index in [1.807, 2.05) is 0 Å². The molecule has 0 saturated carbocycles. The second-order valence-corrected chi connectivity index (χ2v) is 9.40. The summed E-state index contributed by atoms with van der Waals surface area (Å²) in [5.74, 6) is -1.15. The molecule has 164 valence electrons. The van der Waals surface area contributed by atoms with E-state index < -0.39 is 16.0 Å². The molecule has 1 aliphatic rings. The summed E-state index contributed by atoms with van der Waals surface area (Å²) in [6.45, 7) is 6.64. The number of piperidine rings is 1. The lowest BCUT2D eigenvalue weighted by Gasteiger charge is -2.31. The van der Waals surface area contributed by atoms with E-state index in [2.05, 4.69) is 24.1 Å². The molecule has 1 aliphatic heterocycles. The summed E-state index contributed by atoms with van der Waals surface area (Å²) in [5, 5.41) is 18.6. The quantitative estimate of drug-likeness (QED) is 0.502. The van der Waals surface area contributed by atoms with Gasteiger partial charge in [-0.25, -0.2) is 18.4 Å². The van der Waals surface area contributed by atoms with E-state index in [9.17, 15) is 18.3 Å². The molecule has 0 aromatic heterocycles. The first-order valence-electron chi connectivity index (χ1n) is 10.7. The first kappa shape index (κ1) is 23.6. The van der Waals surface area contributed by atoms with E-state index >= 15 is 0 Å². The monoisotopic (exact) mass is 425 g/mol. The molecule has 1 aromatic rings. The number of unbranched alkanes of at least 4 members (excludes halogenated alkanes) is 2. The van der Waals surface area contributed by atoms with E-state index in [1.165, 1.54) is 6.07 Å². The smallest absolute Gasteiger partial charge is 0.335 e. The minimum Gasteiger partial charge on any atom is -0.478 e. The molecule has 0 radical (unpaired) electrons. The van der Waals surface area contributed by atoms with Gasteiger partial charge in [-0.15, -0.1) is 0 Å². The second kappa shape index (κ2) is 10.9. The third-order valence-corrected chi connectivity index (χ3v) is 6.48. The largest absolute Gasteiger partial charge is 0.478 e. The molecule has 2 rings (SSSR count). The molecule has 4 N–H and O–H groups in total. The zero-order chi connectivity index (χ0) is 21.4. The fourth-order valence-electron chi connectivity index (χ4n) is 3.89. The lowest BCUT2D eigenvalue weighted by atomic mass is 9.95. The minimum atomic E-state index is -4.06. The van der Waals surface area contributed by atoms with Crippen LogP contribution in [0.5, 0.6) is 0 Å². The number of nitrogens with two attached hydrogens (primary N) is 1. The fourth-order valence-corrected chi connectivity index (χ4v) is 4.71. The van der Waals surface area contributed by atoms with Crippen molar-refractivity contribution in [1.29, 1.82) is 0 Å². The van der Waals surface area contributed by atoms with Crippen LogP contribution < -0.4 is 15.4 Å². The standard InChI is InChI=1S/C21H35N3O4S/c1-3-5-11-24(12-6-4-2)19-13-16(21(25)26)14-20(29(22,27)28)18(19)15-17-9-7-8-10-23-17/h13-14,17,23H,3-12,15H2,1-2H3,(H,25,26)(H2,22,27,28). The summed E-state index contributed by atoms with van der Waals surface area (Å²) in [5.41, 5.74) is 1.30. The molecule has 29 heavy (non-hydrogen) atoms. The molecule has 0 spiro atoms. The van der Waals surface area contributed by atoms with Gasteiger partial charge in [0.05, 0.1) is 10.5 Å². The van der Waals surface area contributed by atoms with Gasteiger partial charge < -0.3 is 15.3 Å². The number of anilines is 1. The van der Waals surface area contributed by atoms with E-state index in [0.717, 1.165) is 64.6 Å². The first-order valence-corrected chi connectivity index (χ1v) is 12.2. The molecule has 1 saturated heterocycles. The van der Waals surface area contributed by atoms with Crippen molar-refractivity contribution < 1.29 is 18.3 Å². The molecule has 1 atom stereocenters. The summed E-state index contributed by atoms with van der Waals surface area (Å²) < 4.78 is 24.8. The summed E-state index contributed by atoms with van der Waals surface area (Å²) in [7, 11) is -4.06. The Morgan fingerprint density at radius 1 is 1.21 bits per heavy atom. The number of sulfonamides is 1. The summed E-state index contributed by atoms with van der Waals surface area (Å²) in [6.07, 6.45) is 7.61. The molecule has 8 heteroatoms. The SMILES string of the molecule is CCCCN(CCCC)c1cc(C(=O)O)cc(S(N)(=O)=O)c1CC1CCCCN1. The Morgan fingerprint density at radius 2 is 1.86 bits per heavy atom. The van der Waals surface area contributed by atoms with Crippen LogP contribution in [0.2, 0.25) is 0 Å². The Bertz CT molecular complexity index is 781. The number of nitrogens with one attached hydrogen (secondary N) is 1. The van der Waals surface area contributed by atoms with Gasteiger partial charge in [0.1, 0.15) is 0 Å². The van der Waals surface area contributed by atoms with Crippen LogP contribution in [0.25, 0.3) is 0 Å². The van der Waals surface area contributed by atoms with Crippen molar-refractivity contribution in [3.63, 3.8) is 0 Å². The highest BCUT2D eigenvalue weighted by atomic mass is 32.2. The van der Waals surface area contributed by atoms with E-state index in [-0.39, 0.29) is 16.5 Å². The Balaban J connectivity index is 2.61. The van der Waals surface area contributed by atoms with Crippen LogP contribution in [0.4, 0.5) is 5.69 Å². The Labute approximate surface area is 174 Å². The predicted octanol–water partition coefficient (Wildman–Crippen LogP) is 3.12. The molecule has 1 heterocycles. The average molecular weight is 426 g/mol. The van der Waals surface area contributed by atoms with E-state index in [1.54, 1.807) is 6.07 Å². The number of carbonyl (C=O) groups is 1. The first-order chi connectivity index (χ1) is 13.8. The maximum absolute atomic E-state index is 12.4. The highest BCUT2D eigenvalue weighted by Crippen LogP contribution is 2.32. The van der Waals surface area contributed by atoms with Crippen LogP contribution in [-0.4, -0.2) is 45.2 Å². The number of nitrogens with zero attached hydrogens (tertiary/aromatic N) is 1. The molecular weight excluding hydrogens is 390 g/mol. The normalized spacial score (nSPS) is 17.3. The molecule has 0 amide bonds. The number of rotatable bonds is 11. The molecule has 7 nitrogen and oxygen atoms in total. The third-order valence-electron chi connectivity index (χ3n) is 5.51. The summed E-state index contributed by atoms with van der Waals surface area (Å²) in [6, 6.07) is 3.01. The van der Waals surface area contributed by atoms with Crippen molar-refractivity contribution in [3.05, 3.63) is 23.3 Å². The van der Waals surface area contributed by atoms with Gasteiger partial charge in [-0.2, -0.15) is 0 Å². The maximum atomic E-state index is 12.4. The number of aromatic carboxylic acids is 1. The molecule has 1 unspecified atom stereocenters. The van der Waals surface area contributed by atoms with Gasteiger partial charge in [-0.05, 0) is 56.3 Å². The maximum Gasteiger partial charge on any atom is 0.335 e. The average Bonchev–Trinajstić information content (AvgIpc) is 2.68. The van der Waals surface area contributed by atoms with Crippen LogP contribution in [-0.2, 0) is 16.4 Å². The van der Waals surface area contributed by atoms with Gasteiger partial charge in [0.2, 0.25) is 10.0 Å². The van der Waals surface area contributed by atoms with Gasteiger partial charge in [0.25, 0.3) is 0 Å². The second-order valence-electron chi connectivity index (χ2n) is 7.87. The number of hydrogen-bond donors (Lipinski definition) is 3. The van der Waals surface area contributed by atoms with Crippen LogP contribution in [0.1, 0.15) is 74.7 Å². The number of carboxylic acids is 1. The zero-order valence-corrected chi connectivity index (χ0v) is 18.4. The summed E-state index contributed by atoms with van der Waals surface area (Å²) in [4.78, 5) is 13.8. The van der Waals surface area contributed by atoms with E-state index in [4.69, 9.17) is 5.14 Å². The van der Waals surface area contributed by atoms with Gasteiger partial charge in [-0.1, -0.05) is 33.1 Å². The van der Waals surface area contributed by atoms with Crippen molar-refractivity contribution in [2.45, 2.75) is 76.2 Å². The van der Waals surface area contributed by atoms with Gasteiger partial charge >= 0.3 is 5.97 Å². The topological polar surface area (TPSA) is 113 Å². The highest BCUT2D eigenvalue weighted by Gasteiger charge is 2.26. The van der Waals surface area contributed by atoms with Crippen LogP contribution in [0.3, 0.4) is 0 Å². The van der Waals surface area contributed by atoms with Crippen molar-refractivity contribution in [1.82, 2.24) is 5.32 Å². The van der Waals surface area contributed by atoms with Gasteiger partial charge in [0.15, 0.2) is 0 Å². The summed E-state index contributed by atoms with van der Waals surface area (Å²) >= 11 is 0. The van der Waals surface area contributed by atoms with Crippen LogP contribution >= 0.6 is 0 Å². The Morgan fingerprint density at radius 3 is 2.34 bits per heavy atom.